The average molecular weight is 361 g/mol. The molecule has 2 aromatic rings. The third-order valence-electron chi connectivity index (χ3n) is 4.60. The van der Waals surface area contributed by atoms with Crippen LogP contribution in [0.3, 0.4) is 0 Å². The first-order valence-electron chi connectivity index (χ1n) is 8.33. The number of aromatic nitrogens is 1. The Morgan fingerprint density at radius 1 is 1.40 bits per heavy atom. The van der Waals surface area contributed by atoms with Crippen molar-refractivity contribution in [2.75, 3.05) is 33.0 Å². The molecule has 134 valence electrons. The predicted octanol–water partition coefficient (Wildman–Crippen LogP) is 2.93. The molecule has 1 aromatic heterocycles. The van der Waals surface area contributed by atoms with Gasteiger partial charge in [-0.25, -0.2) is 4.98 Å². The van der Waals surface area contributed by atoms with Crippen LogP contribution in [0.2, 0.25) is 0 Å². The number of methoxy groups -OCH3 is 2. The summed E-state index contributed by atoms with van der Waals surface area (Å²) in [5.41, 5.74) is 7.65. The molecule has 0 bridgehead atoms. The van der Waals surface area contributed by atoms with E-state index >= 15 is 0 Å². The number of anilines is 1. The van der Waals surface area contributed by atoms with E-state index in [1.54, 1.807) is 14.2 Å². The number of carbonyl (C=O) groups excluding carboxylic acids is 1. The molecule has 0 saturated carbocycles. The number of nitrogens with two attached hydrogens (primary N) is 1. The van der Waals surface area contributed by atoms with Gasteiger partial charge in [-0.05, 0) is 31.0 Å². The molecule has 1 aliphatic heterocycles. The van der Waals surface area contributed by atoms with E-state index in [0.717, 1.165) is 29.2 Å². The maximum atomic E-state index is 12.9. The molecule has 6 nitrogen and oxygen atoms in total. The number of amides is 1. The fraction of sp³-hybridized carbons (Fsp3) is 0.444. The lowest BCUT2D eigenvalue weighted by molar-refractivity contribution is 0.0794. The summed E-state index contributed by atoms with van der Waals surface area (Å²) in [5.74, 6) is 1.88. The van der Waals surface area contributed by atoms with E-state index in [0.29, 0.717) is 29.5 Å². The van der Waals surface area contributed by atoms with Crippen LogP contribution in [0.15, 0.2) is 18.2 Å². The number of aryl methyl sites for hydroxylation is 1. The van der Waals surface area contributed by atoms with E-state index in [-0.39, 0.29) is 11.8 Å². The van der Waals surface area contributed by atoms with Gasteiger partial charge in [-0.2, -0.15) is 0 Å². The van der Waals surface area contributed by atoms with Gasteiger partial charge in [0.15, 0.2) is 5.13 Å². The van der Waals surface area contributed by atoms with Crippen LogP contribution in [0.5, 0.6) is 11.5 Å². The molecule has 1 atom stereocenters. The van der Waals surface area contributed by atoms with E-state index in [1.807, 2.05) is 30.0 Å². The van der Waals surface area contributed by atoms with Crippen LogP contribution >= 0.6 is 11.3 Å². The van der Waals surface area contributed by atoms with Crippen molar-refractivity contribution in [2.45, 2.75) is 25.7 Å². The number of nitrogen functional groups attached to an aromatic ring is 1. The third-order valence-corrected chi connectivity index (χ3v) is 5.51. The normalized spacial score (nSPS) is 16.9. The Kier molecular flexibility index (Phi) is 5.13. The van der Waals surface area contributed by atoms with Crippen LogP contribution in [0.1, 0.15) is 40.2 Å². The van der Waals surface area contributed by atoms with Crippen LogP contribution in [-0.2, 0) is 6.42 Å². The van der Waals surface area contributed by atoms with Crippen molar-refractivity contribution in [1.29, 1.82) is 0 Å². The lowest BCUT2D eigenvalue weighted by Gasteiger charge is -2.18. The lowest BCUT2D eigenvalue weighted by Crippen LogP contribution is -2.28. The van der Waals surface area contributed by atoms with Crippen LogP contribution in [-0.4, -0.2) is 43.1 Å². The summed E-state index contributed by atoms with van der Waals surface area (Å²) >= 11 is 1.28. The number of hydrogen-bond donors (Lipinski definition) is 1. The molecule has 25 heavy (non-hydrogen) atoms. The smallest absolute Gasteiger partial charge is 0.265 e. The Balaban J connectivity index is 1.81. The topological polar surface area (TPSA) is 77.7 Å². The van der Waals surface area contributed by atoms with Crippen molar-refractivity contribution in [3.8, 4) is 11.5 Å². The van der Waals surface area contributed by atoms with Crippen molar-refractivity contribution >= 4 is 22.4 Å². The Morgan fingerprint density at radius 3 is 2.88 bits per heavy atom. The van der Waals surface area contributed by atoms with Crippen molar-refractivity contribution in [3.05, 3.63) is 34.3 Å². The minimum Gasteiger partial charge on any atom is -0.497 e. The maximum Gasteiger partial charge on any atom is 0.265 e. The Hall–Kier alpha value is -2.28. The largest absolute Gasteiger partial charge is 0.497 e. The molecule has 2 N–H and O–H groups in total. The van der Waals surface area contributed by atoms with E-state index in [2.05, 4.69) is 4.98 Å². The first-order valence-corrected chi connectivity index (χ1v) is 9.15. The van der Waals surface area contributed by atoms with Crippen molar-refractivity contribution in [1.82, 2.24) is 9.88 Å². The number of benzene rings is 1. The second-order valence-electron chi connectivity index (χ2n) is 6.03. The van der Waals surface area contributed by atoms with E-state index in [4.69, 9.17) is 15.2 Å². The molecule has 1 saturated heterocycles. The number of thiazole rings is 1. The Morgan fingerprint density at radius 2 is 2.20 bits per heavy atom. The SMILES string of the molecule is CCc1nc(N)sc1C(=O)N1CC[C@@H](c2cc(OC)ccc2OC)C1. The van der Waals surface area contributed by atoms with Gasteiger partial charge < -0.3 is 20.1 Å². The summed E-state index contributed by atoms with van der Waals surface area (Å²) in [7, 11) is 3.31. The Labute approximate surface area is 151 Å². The van der Waals surface area contributed by atoms with Gasteiger partial charge in [0.05, 0.1) is 19.9 Å². The standard InChI is InChI=1S/C18H23N3O3S/c1-4-14-16(25-18(19)20-14)17(22)21-8-7-11(10-21)13-9-12(23-2)5-6-15(13)24-3/h5-6,9,11H,4,7-8,10H2,1-3H3,(H2,19,20)/t11-/m1/s1. The summed E-state index contributed by atoms with van der Waals surface area (Å²) in [5, 5.41) is 0.449. The summed E-state index contributed by atoms with van der Waals surface area (Å²) in [4.78, 5) is 19.7. The molecular weight excluding hydrogens is 338 g/mol. The highest BCUT2D eigenvalue weighted by Crippen LogP contribution is 2.37. The van der Waals surface area contributed by atoms with Crippen LogP contribution in [0, 0.1) is 0 Å². The molecule has 1 aromatic carbocycles. The first-order chi connectivity index (χ1) is 12.1. The average Bonchev–Trinajstić information content (AvgIpc) is 3.27. The molecule has 1 aliphatic rings. The molecule has 0 spiro atoms. The first kappa shape index (κ1) is 17.5. The molecule has 0 unspecified atom stereocenters. The summed E-state index contributed by atoms with van der Waals surface area (Å²) in [6.45, 7) is 3.35. The van der Waals surface area contributed by atoms with Gasteiger partial charge in [-0.1, -0.05) is 18.3 Å². The van der Waals surface area contributed by atoms with Crippen LogP contribution < -0.4 is 15.2 Å². The molecule has 0 aliphatic carbocycles. The summed E-state index contributed by atoms with van der Waals surface area (Å²) in [6, 6.07) is 5.80. The van der Waals surface area contributed by atoms with Gasteiger partial charge in [0, 0.05) is 24.6 Å². The third kappa shape index (κ3) is 3.42. The second kappa shape index (κ2) is 7.31. The van der Waals surface area contributed by atoms with Gasteiger partial charge in [-0.3, -0.25) is 4.79 Å². The second-order valence-corrected chi connectivity index (χ2v) is 7.06. The highest BCUT2D eigenvalue weighted by Gasteiger charge is 2.31. The number of carbonyl (C=O) groups is 1. The fourth-order valence-electron chi connectivity index (χ4n) is 3.28. The lowest BCUT2D eigenvalue weighted by atomic mass is 9.97. The van der Waals surface area contributed by atoms with Gasteiger partial charge in [0.2, 0.25) is 0 Å². The van der Waals surface area contributed by atoms with E-state index in [9.17, 15) is 4.79 Å². The van der Waals surface area contributed by atoms with Gasteiger partial charge in [-0.15, -0.1) is 0 Å². The van der Waals surface area contributed by atoms with Crippen molar-refractivity contribution in [3.63, 3.8) is 0 Å². The number of rotatable bonds is 5. The van der Waals surface area contributed by atoms with Crippen LogP contribution in [0.4, 0.5) is 5.13 Å². The number of ether oxygens (including phenoxy) is 2. The number of likely N-dealkylation sites (tertiary alicyclic amines) is 1. The van der Waals surface area contributed by atoms with Crippen molar-refractivity contribution < 1.29 is 14.3 Å². The zero-order chi connectivity index (χ0) is 18.0. The minimum atomic E-state index is 0.0235. The molecular formula is C18H23N3O3S. The van der Waals surface area contributed by atoms with Crippen molar-refractivity contribution in [2.24, 2.45) is 0 Å². The molecule has 7 heteroatoms. The van der Waals surface area contributed by atoms with Gasteiger partial charge >= 0.3 is 0 Å². The number of nitrogens with zero attached hydrogens (tertiary/aromatic N) is 2. The molecule has 1 amide bonds. The highest BCUT2D eigenvalue weighted by atomic mass is 32.1. The zero-order valence-electron chi connectivity index (χ0n) is 14.7. The highest BCUT2D eigenvalue weighted by molar-refractivity contribution is 7.17. The molecule has 0 radical (unpaired) electrons. The zero-order valence-corrected chi connectivity index (χ0v) is 15.6. The van der Waals surface area contributed by atoms with E-state index in [1.165, 1.54) is 11.3 Å². The molecule has 1 fully saturated rings. The number of hydrogen-bond acceptors (Lipinski definition) is 6. The van der Waals surface area contributed by atoms with E-state index < -0.39 is 0 Å². The molecule has 3 rings (SSSR count). The van der Waals surface area contributed by atoms with Gasteiger partial charge in [0.1, 0.15) is 16.4 Å². The summed E-state index contributed by atoms with van der Waals surface area (Å²) in [6.07, 6.45) is 1.60. The maximum absolute atomic E-state index is 12.9. The van der Waals surface area contributed by atoms with Gasteiger partial charge in [0.25, 0.3) is 5.91 Å². The predicted molar refractivity (Wildman–Crippen MR) is 98.7 cm³/mol. The molecule has 2 heterocycles. The van der Waals surface area contributed by atoms with Crippen LogP contribution in [0.25, 0.3) is 0 Å². The minimum absolute atomic E-state index is 0.0235. The Bertz CT molecular complexity index is 775. The monoisotopic (exact) mass is 361 g/mol. The summed E-state index contributed by atoms with van der Waals surface area (Å²) < 4.78 is 10.8. The quantitative estimate of drug-likeness (QED) is 0.886. The fourth-order valence-corrected chi connectivity index (χ4v) is 4.17.